The average molecular weight is 228 g/mol. The van der Waals surface area contributed by atoms with E-state index in [1.165, 1.54) is 12.8 Å². The van der Waals surface area contributed by atoms with Crippen molar-refractivity contribution >= 4 is 23.1 Å². The molecule has 0 aromatic rings. The Labute approximate surface area is 96.8 Å². The molecule has 15 heavy (non-hydrogen) atoms. The molecule has 0 atom stereocenters. The van der Waals surface area contributed by atoms with Crippen LogP contribution < -0.4 is 11.1 Å². The van der Waals surface area contributed by atoms with Crippen molar-refractivity contribution in [2.24, 2.45) is 11.1 Å². The zero-order valence-corrected chi connectivity index (χ0v) is 10.2. The minimum Gasteiger partial charge on any atom is -0.392 e. The Kier molecular flexibility index (Phi) is 4.51. The summed E-state index contributed by atoms with van der Waals surface area (Å²) in [5.74, 6) is 0.0272. The lowest BCUT2D eigenvalue weighted by atomic mass is 9.79. The third-order valence-corrected chi connectivity index (χ3v) is 3.59. The molecule has 1 aliphatic carbocycles. The van der Waals surface area contributed by atoms with E-state index < -0.39 is 5.41 Å². The number of nitrogens with one attached hydrogen (secondary N) is 1. The molecule has 0 unspecified atom stereocenters. The van der Waals surface area contributed by atoms with Gasteiger partial charge in [0.05, 0.1) is 10.4 Å². The van der Waals surface area contributed by atoms with Crippen LogP contribution in [-0.4, -0.2) is 17.4 Å². The van der Waals surface area contributed by atoms with Crippen LogP contribution in [0.1, 0.15) is 45.4 Å². The van der Waals surface area contributed by atoms with Gasteiger partial charge in [0, 0.05) is 6.54 Å². The van der Waals surface area contributed by atoms with Crippen molar-refractivity contribution in [3.8, 4) is 0 Å². The Bertz CT molecular complexity index is 245. The third kappa shape index (κ3) is 2.68. The Morgan fingerprint density at radius 2 is 1.87 bits per heavy atom. The van der Waals surface area contributed by atoms with Crippen molar-refractivity contribution in [2.45, 2.75) is 45.4 Å². The summed E-state index contributed by atoms with van der Waals surface area (Å²) in [5.41, 5.74) is 5.21. The molecule has 0 heterocycles. The minimum absolute atomic E-state index is 0.0272. The molecular weight excluding hydrogens is 208 g/mol. The number of hydrogen-bond donors (Lipinski definition) is 2. The fourth-order valence-corrected chi connectivity index (χ4v) is 2.54. The summed E-state index contributed by atoms with van der Waals surface area (Å²) in [4.78, 5) is 12.4. The number of nitrogens with two attached hydrogens (primary N) is 1. The van der Waals surface area contributed by atoms with Crippen LogP contribution in [0.2, 0.25) is 0 Å². The highest BCUT2D eigenvalue weighted by atomic mass is 32.1. The Morgan fingerprint density at radius 1 is 1.33 bits per heavy atom. The molecule has 4 heteroatoms. The molecule has 1 amide bonds. The molecule has 0 radical (unpaired) electrons. The van der Waals surface area contributed by atoms with Gasteiger partial charge in [-0.2, -0.15) is 0 Å². The number of amides is 1. The van der Waals surface area contributed by atoms with E-state index in [-0.39, 0.29) is 5.91 Å². The summed E-state index contributed by atoms with van der Waals surface area (Å²) in [7, 11) is 0. The highest BCUT2D eigenvalue weighted by Crippen LogP contribution is 2.35. The first kappa shape index (κ1) is 12.4. The Morgan fingerprint density at radius 3 is 2.27 bits per heavy atom. The van der Waals surface area contributed by atoms with Crippen molar-refractivity contribution in [3.63, 3.8) is 0 Å². The lowest BCUT2D eigenvalue weighted by Gasteiger charge is -2.29. The van der Waals surface area contributed by atoms with Gasteiger partial charge in [-0.15, -0.1) is 0 Å². The monoisotopic (exact) mass is 228 g/mol. The molecule has 3 N–H and O–H groups in total. The van der Waals surface area contributed by atoms with E-state index in [0.29, 0.717) is 11.5 Å². The van der Waals surface area contributed by atoms with Crippen LogP contribution >= 0.6 is 12.2 Å². The topological polar surface area (TPSA) is 55.1 Å². The van der Waals surface area contributed by atoms with E-state index >= 15 is 0 Å². The molecule has 1 rings (SSSR count). The smallest absolute Gasteiger partial charge is 0.233 e. The first-order valence-electron chi connectivity index (χ1n) is 5.71. The van der Waals surface area contributed by atoms with Crippen LogP contribution in [0.15, 0.2) is 0 Å². The van der Waals surface area contributed by atoms with Gasteiger partial charge in [-0.05, 0) is 19.8 Å². The fourth-order valence-electron chi connectivity index (χ4n) is 2.25. The van der Waals surface area contributed by atoms with Crippen LogP contribution in [0, 0.1) is 5.41 Å². The van der Waals surface area contributed by atoms with Crippen LogP contribution in [-0.2, 0) is 4.79 Å². The summed E-state index contributed by atoms with van der Waals surface area (Å²) in [5, 5.41) is 2.86. The number of thiocarbonyl (C=S) groups is 1. The van der Waals surface area contributed by atoms with Gasteiger partial charge in [0.25, 0.3) is 0 Å². The van der Waals surface area contributed by atoms with Gasteiger partial charge < -0.3 is 11.1 Å². The Hall–Kier alpha value is -0.640. The Balaban J connectivity index is 2.84. The van der Waals surface area contributed by atoms with Gasteiger partial charge in [-0.25, -0.2) is 0 Å². The summed E-state index contributed by atoms with van der Waals surface area (Å²) >= 11 is 5.10. The second-order valence-corrected chi connectivity index (χ2v) is 4.66. The van der Waals surface area contributed by atoms with E-state index in [2.05, 4.69) is 5.32 Å². The van der Waals surface area contributed by atoms with Crippen LogP contribution in [0.3, 0.4) is 0 Å². The molecule has 0 aromatic heterocycles. The maximum absolute atomic E-state index is 12.0. The molecule has 0 aromatic carbocycles. The maximum atomic E-state index is 12.0. The molecule has 3 nitrogen and oxygen atoms in total. The van der Waals surface area contributed by atoms with Gasteiger partial charge in [0.1, 0.15) is 0 Å². The van der Waals surface area contributed by atoms with Crippen molar-refractivity contribution in [1.82, 2.24) is 5.32 Å². The second-order valence-electron chi connectivity index (χ2n) is 4.22. The summed E-state index contributed by atoms with van der Waals surface area (Å²) in [6.07, 6.45) is 6.10. The number of hydrogen-bond acceptors (Lipinski definition) is 2. The van der Waals surface area contributed by atoms with Crippen LogP contribution in [0.5, 0.6) is 0 Å². The van der Waals surface area contributed by atoms with E-state index in [0.717, 1.165) is 25.7 Å². The first-order valence-corrected chi connectivity index (χ1v) is 6.12. The molecule has 86 valence electrons. The van der Waals surface area contributed by atoms with Crippen LogP contribution in [0.4, 0.5) is 0 Å². The summed E-state index contributed by atoms with van der Waals surface area (Å²) in [6.45, 7) is 2.56. The quantitative estimate of drug-likeness (QED) is 0.571. The zero-order valence-electron chi connectivity index (χ0n) is 9.34. The van der Waals surface area contributed by atoms with E-state index in [9.17, 15) is 4.79 Å². The molecule has 0 aliphatic heterocycles. The zero-order chi connectivity index (χ0) is 11.3. The van der Waals surface area contributed by atoms with Gasteiger partial charge in [-0.1, -0.05) is 37.9 Å². The number of carbonyl (C=O) groups excluding carboxylic acids is 1. The number of rotatable bonds is 3. The minimum atomic E-state index is -0.568. The summed E-state index contributed by atoms with van der Waals surface area (Å²) < 4.78 is 0. The SMILES string of the molecule is CCNC(=O)C1(C(N)=S)CCCCCC1. The van der Waals surface area contributed by atoms with Crippen molar-refractivity contribution in [1.29, 1.82) is 0 Å². The largest absolute Gasteiger partial charge is 0.392 e. The molecular formula is C11H20N2OS. The van der Waals surface area contributed by atoms with Crippen molar-refractivity contribution in [3.05, 3.63) is 0 Å². The lowest BCUT2D eigenvalue weighted by molar-refractivity contribution is -0.127. The maximum Gasteiger partial charge on any atom is 0.233 e. The summed E-state index contributed by atoms with van der Waals surface area (Å²) in [6, 6.07) is 0. The molecule has 1 aliphatic rings. The first-order chi connectivity index (χ1) is 7.13. The van der Waals surface area contributed by atoms with E-state index in [1.54, 1.807) is 0 Å². The third-order valence-electron chi connectivity index (χ3n) is 3.20. The average Bonchev–Trinajstić information content (AvgIpc) is 2.43. The van der Waals surface area contributed by atoms with E-state index in [1.807, 2.05) is 6.92 Å². The molecule has 0 saturated heterocycles. The van der Waals surface area contributed by atoms with Gasteiger partial charge in [-0.3, -0.25) is 4.79 Å². The fraction of sp³-hybridized carbons (Fsp3) is 0.818. The predicted molar refractivity (Wildman–Crippen MR) is 65.6 cm³/mol. The van der Waals surface area contributed by atoms with E-state index in [4.69, 9.17) is 18.0 Å². The van der Waals surface area contributed by atoms with Crippen LogP contribution in [0.25, 0.3) is 0 Å². The van der Waals surface area contributed by atoms with Crippen molar-refractivity contribution in [2.75, 3.05) is 6.54 Å². The highest BCUT2D eigenvalue weighted by molar-refractivity contribution is 7.80. The lowest BCUT2D eigenvalue weighted by Crippen LogP contribution is -2.48. The van der Waals surface area contributed by atoms with Crippen molar-refractivity contribution < 1.29 is 4.79 Å². The van der Waals surface area contributed by atoms with Gasteiger partial charge in [0.2, 0.25) is 5.91 Å². The number of carbonyl (C=O) groups is 1. The molecule has 1 fully saturated rings. The van der Waals surface area contributed by atoms with Gasteiger partial charge in [0.15, 0.2) is 0 Å². The standard InChI is InChI=1S/C11H20N2OS/c1-2-13-10(14)11(9(12)15)7-5-3-4-6-8-11/h2-8H2,1H3,(H2,12,15)(H,13,14). The molecule has 1 saturated carbocycles. The molecule has 0 bridgehead atoms. The highest BCUT2D eigenvalue weighted by Gasteiger charge is 2.40. The normalized spacial score (nSPS) is 20.3. The molecule has 0 spiro atoms. The van der Waals surface area contributed by atoms with Gasteiger partial charge >= 0.3 is 0 Å². The predicted octanol–water partition coefficient (Wildman–Crippen LogP) is 1.75. The second kappa shape index (κ2) is 5.45.